The number of aliphatic hydroxyl groups is 1. The van der Waals surface area contributed by atoms with E-state index in [4.69, 9.17) is 5.11 Å². The van der Waals surface area contributed by atoms with Gasteiger partial charge in [-0.2, -0.15) is 0 Å². The van der Waals surface area contributed by atoms with E-state index in [0.717, 1.165) is 11.1 Å². The summed E-state index contributed by atoms with van der Waals surface area (Å²) in [6.07, 6.45) is 0. The van der Waals surface area contributed by atoms with Crippen LogP contribution in [0.1, 0.15) is 16.7 Å². The van der Waals surface area contributed by atoms with E-state index in [9.17, 15) is 8.42 Å². The number of nitrogens with one attached hydrogen (secondary N) is 1. The smallest absolute Gasteiger partial charge is 0.236 e. The van der Waals surface area contributed by atoms with E-state index < -0.39 is 10.0 Å². The van der Waals surface area contributed by atoms with Gasteiger partial charge in [0.25, 0.3) is 0 Å². The quantitative estimate of drug-likeness (QED) is 0.850. The van der Waals surface area contributed by atoms with Gasteiger partial charge < -0.3 is 5.11 Å². The second-order valence-corrected chi connectivity index (χ2v) is 7.40. The summed E-state index contributed by atoms with van der Waals surface area (Å²) in [6, 6.07) is 12.3. The number of aliphatic hydroxyl groups excluding tert-OH is 1. The van der Waals surface area contributed by atoms with Gasteiger partial charge in [-0.1, -0.05) is 30.3 Å². The van der Waals surface area contributed by atoms with Gasteiger partial charge in [0.1, 0.15) is 0 Å². The summed E-state index contributed by atoms with van der Waals surface area (Å²) in [6.45, 7) is 1.88. The van der Waals surface area contributed by atoms with Gasteiger partial charge in [-0.15, -0.1) is 0 Å². The monoisotopic (exact) mass is 369 g/mol. The third-order valence-corrected chi connectivity index (χ3v) is 4.85. The first-order chi connectivity index (χ1) is 9.89. The van der Waals surface area contributed by atoms with Crippen LogP contribution in [0.3, 0.4) is 0 Å². The molecule has 0 atom stereocenters. The van der Waals surface area contributed by atoms with Crippen LogP contribution in [0.25, 0.3) is 0 Å². The number of sulfonamides is 1. The molecule has 0 saturated carbocycles. The molecular weight excluding hydrogens is 354 g/mol. The Balaban J connectivity index is 2.14. The molecule has 0 spiro atoms. The van der Waals surface area contributed by atoms with Crippen molar-refractivity contribution in [2.75, 3.05) is 4.72 Å². The zero-order valence-electron chi connectivity index (χ0n) is 11.5. The van der Waals surface area contributed by atoms with Crippen molar-refractivity contribution in [3.05, 3.63) is 63.6 Å². The van der Waals surface area contributed by atoms with Crippen LogP contribution in [0.2, 0.25) is 0 Å². The van der Waals surface area contributed by atoms with Gasteiger partial charge in [-0.05, 0) is 51.7 Å². The van der Waals surface area contributed by atoms with E-state index >= 15 is 0 Å². The molecule has 0 bridgehead atoms. The molecule has 0 fully saturated rings. The second-order valence-electron chi connectivity index (χ2n) is 4.82. The SMILES string of the molecule is Cc1ccc(NS(=O)(=O)Cc2ccc(CO)cc2)c(Br)c1. The molecule has 0 aliphatic heterocycles. The Morgan fingerprint density at radius 3 is 2.29 bits per heavy atom. The number of hydrogen-bond acceptors (Lipinski definition) is 3. The van der Waals surface area contributed by atoms with Crippen molar-refractivity contribution >= 4 is 31.6 Å². The Morgan fingerprint density at radius 2 is 1.71 bits per heavy atom. The Morgan fingerprint density at radius 1 is 1.10 bits per heavy atom. The van der Waals surface area contributed by atoms with Gasteiger partial charge in [-0.25, -0.2) is 8.42 Å². The summed E-state index contributed by atoms with van der Waals surface area (Å²) in [5, 5.41) is 8.97. The highest BCUT2D eigenvalue weighted by Crippen LogP contribution is 2.25. The molecule has 0 aliphatic carbocycles. The Kier molecular flexibility index (Phi) is 5.03. The lowest BCUT2D eigenvalue weighted by atomic mass is 10.2. The van der Waals surface area contributed by atoms with Crippen LogP contribution in [-0.2, 0) is 22.4 Å². The molecule has 2 N–H and O–H groups in total. The van der Waals surface area contributed by atoms with E-state index in [2.05, 4.69) is 20.7 Å². The molecule has 0 aromatic heterocycles. The Labute approximate surface area is 133 Å². The first kappa shape index (κ1) is 16.0. The fourth-order valence-electron chi connectivity index (χ4n) is 1.87. The lowest BCUT2D eigenvalue weighted by Gasteiger charge is -2.10. The third-order valence-electron chi connectivity index (χ3n) is 2.95. The molecule has 112 valence electrons. The highest BCUT2D eigenvalue weighted by molar-refractivity contribution is 9.10. The standard InChI is InChI=1S/C15H16BrNO3S/c1-11-2-7-15(14(16)8-11)17-21(19,20)10-13-5-3-12(9-18)4-6-13/h2-8,17-18H,9-10H2,1H3. The lowest BCUT2D eigenvalue weighted by Crippen LogP contribution is -2.15. The molecule has 21 heavy (non-hydrogen) atoms. The average molecular weight is 370 g/mol. The van der Waals surface area contributed by atoms with Crippen LogP contribution in [0.4, 0.5) is 5.69 Å². The maximum atomic E-state index is 12.2. The molecular formula is C15H16BrNO3S. The van der Waals surface area contributed by atoms with Crippen LogP contribution in [0.15, 0.2) is 46.9 Å². The van der Waals surface area contributed by atoms with Crippen LogP contribution >= 0.6 is 15.9 Å². The fourth-order valence-corrected chi connectivity index (χ4v) is 3.81. The topological polar surface area (TPSA) is 66.4 Å². The number of benzene rings is 2. The van der Waals surface area contributed by atoms with Crippen molar-refractivity contribution in [2.45, 2.75) is 19.3 Å². The van der Waals surface area contributed by atoms with Gasteiger partial charge in [0.15, 0.2) is 0 Å². The van der Waals surface area contributed by atoms with Crippen LogP contribution in [0.5, 0.6) is 0 Å². The summed E-state index contributed by atoms with van der Waals surface area (Å²) in [5.74, 6) is -0.112. The highest BCUT2D eigenvalue weighted by Gasteiger charge is 2.13. The fraction of sp³-hybridized carbons (Fsp3) is 0.200. The molecule has 0 radical (unpaired) electrons. The predicted octanol–water partition coefficient (Wildman–Crippen LogP) is 3.19. The van der Waals surface area contributed by atoms with Crippen molar-refractivity contribution in [3.63, 3.8) is 0 Å². The number of halogens is 1. The van der Waals surface area contributed by atoms with E-state index in [-0.39, 0.29) is 12.4 Å². The van der Waals surface area contributed by atoms with Gasteiger partial charge in [0.05, 0.1) is 18.0 Å². The predicted molar refractivity (Wildman–Crippen MR) is 87.5 cm³/mol. The maximum Gasteiger partial charge on any atom is 0.236 e. The molecule has 2 aromatic rings. The number of anilines is 1. The van der Waals surface area contributed by atoms with Crippen LogP contribution in [-0.4, -0.2) is 13.5 Å². The summed E-state index contributed by atoms with van der Waals surface area (Å²) in [7, 11) is -3.49. The zero-order valence-corrected chi connectivity index (χ0v) is 13.9. The van der Waals surface area contributed by atoms with E-state index in [1.54, 1.807) is 30.3 Å². The number of aryl methyl sites for hydroxylation is 1. The Hall–Kier alpha value is -1.37. The number of hydrogen-bond donors (Lipinski definition) is 2. The van der Waals surface area contributed by atoms with Crippen molar-refractivity contribution in [1.82, 2.24) is 0 Å². The molecule has 0 saturated heterocycles. The van der Waals surface area contributed by atoms with Crippen molar-refractivity contribution in [2.24, 2.45) is 0 Å². The molecule has 2 aromatic carbocycles. The third kappa shape index (κ3) is 4.56. The Bertz CT molecular complexity index is 727. The van der Waals surface area contributed by atoms with Crippen molar-refractivity contribution in [1.29, 1.82) is 0 Å². The molecule has 4 nitrogen and oxygen atoms in total. The van der Waals surface area contributed by atoms with Gasteiger partial charge in [0.2, 0.25) is 10.0 Å². The van der Waals surface area contributed by atoms with Gasteiger partial charge in [-0.3, -0.25) is 4.72 Å². The van der Waals surface area contributed by atoms with Crippen LogP contribution in [0, 0.1) is 6.92 Å². The minimum absolute atomic E-state index is 0.0540. The van der Waals surface area contributed by atoms with Gasteiger partial charge in [0, 0.05) is 4.47 Å². The first-order valence-corrected chi connectivity index (χ1v) is 8.79. The van der Waals surface area contributed by atoms with Crippen molar-refractivity contribution < 1.29 is 13.5 Å². The summed E-state index contributed by atoms with van der Waals surface area (Å²) in [4.78, 5) is 0. The second kappa shape index (κ2) is 6.60. The molecule has 2 rings (SSSR count). The van der Waals surface area contributed by atoms with Crippen LogP contribution < -0.4 is 4.72 Å². The molecule has 0 unspecified atom stereocenters. The lowest BCUT2D eigenvalue weighted by molar-refractivity contribution is 0.282. The van der Waals surface area contributed by atoms with Crippen molar-refractivity contribution in [3.8, 4) is 0 Å². The van der Waals surface area contributed by atoms with E-state index in [0.29, 0.717) is 15.7 Å². The zero-order chi connectivity index (χ0) is 15.5. The largest absolute Gasteiger partial charge is 0.392 e. The maximum absolute atomic E-state index is 12.2. The molecule has 0 aliphatic rings. The van der Waals surface area contributed by atoms with E-state index in [1.807, 2.05) is 19.1 Å². The number of rotatable bonds is 5. The van der Waals surface area contributed by atoms with E-state index in [1.165, 1.54) is 0 Å². The van der Waals surface area contributed by atoms with Gasteiger partial charge >= 0.3 is 0 Å². The summed E-state index contributed by atoms with van der Waals surface area (Å²) < 4.78 is 27.6. The molecule has 0 heterocycles. The average Bonchev–Trinajstić information content (AvgIpc) is 2.42. The summed E-state index contributed by atoms with van der Waals surface area (Å²) in [5.41, 5.74) is 2.99. The minimum Gasteiger partial charge on any atom is -0.392 e. The highest BCUT2D eigenvalue weighted by atomic mass is 79.9. The minimum atomic E-state index is -3.49. The normalized spacial score (nSPS) is 11.4. The molecule has 0 amide bonds. The summed E-state index contributed by atoms with van der Waals surface area (Å²) >= 11 is 3.35. The molecule has 6 heteroatoms. The first-order valence-electron chi connectivity index (χ1n) is 6.35.